The lowest BCUT2D eigenvalue weighted by molar-refractivity contribution is 0.0445. The van der Waals surface area contributed by atoms with Gasteiger partial charge >= 0.3 is 6.03 Å². The number of hydrogen-bond donors (Lipinski definition) is 2. The van der Waals surface area contributed by atoms with Crippen LogP contribution in [-0.2, 0) is 0 Å². The Labute approximate surface area is 156 Å². The molecule has 26 heavy (non-hydrogen) atoms. The molecular formula is C21H30N4O. The third-order valence-corrected chi connectivity index (χ3v) is 5.59. The molecule has 2 atom stereocenters. The first-order valence-electron chi connectivity index (χ1n) is 9.25. The van der Waals surface area contributed by atoms with Crippen LogP contribution < -0.4 is 11.1 Å². The second kappa shape index (κ2) is 7.25. The molecule has 0 bridgehead atoms. The van der Waals surface area contributed by atoms with Crippen molar-refractivity contribution in [2.24, 2.45) is 11.1 Å². The molecule has 1 unspecified atom stereocenters. The van der Waals surface area contributed by atoms with Gasteiger partial charge in [-0.1, -0.05) is 56.3 Å². The van der Waals surface area contributed by atoms with Gasteiger partial charge in [0.2, 0.25) is 0 Å². The van der Waals surface area contributed by atoms with Crippen LogP contribution in [0, 0.1) is 5.41 Å². The Hall–Kier alpha value is -2.11. The number of benzene rings is 2. The zero-order valence-electron chi connectivity index (χ0n) is 16.2. The highest BCUT2D eigenvalue weighted by Crippen LogP contribution is 2.32. The van der Waals surface area contributed by atoms with Crippen molar-refractivity contribution in [2.45, 2.75) is 32.5 Å². The number of rotatable bonds is 3. The number of nitrogens with zero attached hydrogens (tertiary/aromatic N) is 2. The summed E-state index contributed by atoms with van der Waals surface area (Å²) in [5.41, 5.74) is 7.33. The van der Waals surface area contributed by atoms with Crippen molar-refractivity contribution < 1.29 is 4.79 Å². The lowest BCUT2D eigenvalue weighted by Crippen LogP contribution is -2.57. The minimum Gasteiger partial charge on any atom is -0.324 e. The monoisotopic (exact) mass is 354 g/mol. The number of nitrogens with two attached hydrogens (primary N) is 1. The first kappa shape index (κ1) is 18.7. The van der Waals surface area contributed by atoms with Crippen LogP contribution in [0.1, 0.15) is 32.0 Å². The fourth-order valence-corrected chi connectivity index (χ4v) is 4.31. The summed E-state index contributed by atoms with van der Waals surface area (Å²) in [7, 11) is 4.01. The molecule has 2 aromatic carbocycles. The Morgan fingerprint density at radius 1 is 1.27 bits per heavy atom. The fraction of sp³-hybridized carbons (Fsp3) is 0.476. The number of fused-ring (bicyclic) bond motifs is 1. The van der Waals surface area contributed by atoms with E-state index in [0.717, 1.165) is 35.8 Å². The van der Waals surface area contributed by atoms with Crippen LogP contribution in [0.3, 0.4) is 0 Å². The summed E-state index contributed by atoms with van der Waals surface area (Å²) in [5.74, 6) is 0. The van der Waals surface area contributed by atoms with E-state index in [1.807, 2.05) is 42.3 Å². The number of amides is 2. The molecule has 1 aliphatic heterocycles. The smallest absolute Gasteiger partial charge is 0.318 e. The third-order valence-electron chi connectivity index (χ3n) is 5.59. The molecule has 5 heteroatoms. The van der Waals surface area contributed by atoms with Gasteiger partial charge in [0.25, 0.3) is 0 Å². The van der Waals surface area contributed by atoms with Crippen molar-refractivity contribution in [2.75, 3.05) is 27.2 Å². The lowest BCUT2D eigenvalue weighted by atomic mass is 9.78. The average Bonchev–Trinajstić information content (AvgIpc) is 2.59. The lowest BCUT2D eigenvalue weighted by Gasteiger charge is -2.47. The molecule has 3 N–H and O–H groups in total. The van der Waals surface area contributed by atoms with E-state index in [1.54, 1.807) is 0 Å². The van der Waals surface area contributed by atoms with Crippen LogP contribution in [0.4, 0.5) is 4.79 Å². The molecule has 0 aromatic heterocycles. The van der Waals surface area contributed by atoms with E-state index in [-0.39, 0.29) is 17.5 Å². The number of likely N-dealkylation sites (tertiary alicyclic amines) is 1. The van der Waals surface area contributed by atoms with Crippen molar-refractivity contribution in [3.63, 3.8) is 0 Å². The van der Waals surface area contributed by atoms with Crippen LogP contribution in [0.2, 0.25) is 0 Å². The van der Waals surface area contributed by atoms with E-state index >= 15 is 0 Å². The maximum absolute atomic E-state index is 12.9. The van der Waals surface area contributed by atoms with E-state index in [1.165, 1.54) is 0 Å². The Bertz CT molecular complexity index is 783. The predicted octanol–water partition coefficient (Wildman–Crippen LogP) is 3.17. The minimum absolute atomic E-state index is 0.0443. The van der Waals surface area contributed by atoms with Gasteiger partial charge in [0.15, 0.2) is 0 Å². The Kier molecular flexibility index (Phi) is 5.21. The summed E-state index contributed by atoms with van der Waals surface area (Å²) < 4.78 is 0. The number of nitrogens with one attached hydrogen (secondary N) is 1. The molecule has 0 radical (unpaired) electrons. The van der Waals surface area contributed by atoms with E-state index < -0.39 is 6.17 Å². The molecule has 0 aliphatic carbocycles. The Balaban J connectivity index is 1.74. The second-order valence-electron chi connectivity index (χ2n) is 8.14. The van der Waals surface area contributed by atoms with E-state index in [9.17, 15) is 4.79 Å². The standard InChI is InChI=1S/C21H30N4O/c1-21(2)14-24(3)13-12-18(21)25(4)20(26)23-19(22)17-11-7-9-15-8-5-6-10-16(15)17/h5-11,18-19H,12-14,22H2,1-4H3,(H,23,26)/t18?,19-/m0/s1. The number of urea groups is 1. The maximum atomic E-state index is 12.9. The van der Waals surface area contributed by atoms with Gasteiger partial charge in [0.05, 0.1) is 0 Å². The van der Waals surface area contributed by atoms with Crippen LogP contribution in [0.5, 0.6) is 0 Å². The summed E-state index contributed by atoms with van der Waals surface area (Å²) in [5, 5.41) is 5.18. The first-order valence-corrected chi connectivity index (χ1v) is 9.25. The number of piperidine rings is 1. The molecule has 2 aromatic rings. The van der Waals surface area contributed by atoms with Gasteiger partial charge in [-0.15, -0.1) is 0 Å². The van der Waals surface area contributed by atoms with Gasteiger partial charge in [-0.25, -0.2) is 4.79 Å². The number of carbonyl (C=O) groups excluding carboxylic acids is 1. The molecule has 1 heterocycles. The fourth-order valence-electron chi connectivity index (χ4n) is 4.31. The summed E-state index contributed by atoms with van der Waals surface area (Å²) in [4.78, 5) is 17.0. The molecule has 0 saturated carbocycles. The SMILES string of the molecule is CN1CCC(N(C)C(=O)N[C@H](N)c2cccc3ccccc23)C(C)(C)C1. The van der Waals surface area contributed by atoms with Crippen molar-refractivity contribution in [3.8, 4) is 0 Å². The van der Waals surface area contributed by atoms with Crippen LogP contribution in [-0.4, -0.2) is 49.1 Å². The quantitative estimate of drug-likeness (QED) is 0.832. The summed E-state index contributed by atoms with van der Waals surface area (Å²) >= 11 is 0. The number of hydrogen-bond acceptors (Lipinski definition) is 3. The van der Waals surface area contributed by atoms with Gasteiger partial charge in [-0.2, -0.15) is 0 Å². The van der Waals surface area contributed by atoms with E-state index in [4.69, 9.17) is 5.73 Å². The van der Waals surface area contributed by atoms with Gasteiger partial charge < -0.3 is 20.9 Å². The summed E-state index contributed by atoms with van der Waals surface area (Å²) in [6.45, 7) is 6.43. The maximum Gasteiger partial charge on any atom is 0.318 e. The van der Waals surface area contributed by atoms with Crippen molar-refractivity contribution >= 4 is 16.8 Å². The van der Waals surface area contributed by atoms with Crippen molar-refractivity contribution in [3.05, 3.63) is 48.0 Å². The zero-order valence-corrected chi connectivity index (χ0v) is 16.2. The first-order chi connectivity index (χ1) is 12.3. The van der Waals surface area contributed by atoms with Gasteiger partial charge in [0.1, 0.15) is 6.17 Å². The van der Waals surface area contributed by atoms with Gasteiger partial charge in [0, 0.05) is 19.6 Å². The Morgan fingerprint density at radius 3 is 2.69 bits per heavy atom. The molecule has 140 valence electrons. The highest BCUT2D eigenvalue weighted by Gasteiger charge is 2.39. The third kappa shape index (κ3) is 3.69. The van der Waals surface area contributed by atoms with E-state index in [0.29, 0.717) is 0 Å². The van der Waals surface area contributed by atoms with Gasteiger partial charge in [-0.3, -0.25) is 0 Å². The highest BCUT2D eigenvalue weighted by molar-refractivity contribution is 5.86. The second-order valence-corrected chi connectivity index (χ2v) is 8.14. The van der Waals surface area contributed by atoms with Crippen LogP contribution >= 0.6 is 0 Å². The minimum atomic E-state index is -0.537. The zero-order chi connectivity index (χ0) is 18.9. The molecule has 1 fully saturated rings. The summed E-state index contributed by atoms with van der Waals surface area (Å²) in [6, 6.07) is 14.2. The van der Waals surface area contributed by atoms with Gasteiger partial charge in [-0.05, 0) is 41.8 Å². The molecule has 0 spiro atoms. The Morgan fingerprint density at radius 2 is 1.96 bits per heavy atom. The molecule has 1 saturated heterocycles. The largest absolute Gasteiger partial charge is 0.324 e. The molecule has 2 amide bonds. The highest BCUT2D eigenvalue weighted by atomic mass is 16.2. The normalized spacial score (nSPS) is 21.3. The predicted molar refractivity (Wildman–Crippen MR) is 107 cm³/mol. The number of carbonyl (C=O) groups is 1. The topological polar surface area (TPSA) is 61.6 Å². The molecule has 3 rings (SSSR count). The summed E-state index contributed by atoms with van der Waals surface area (Å²) in [6.07, 6.45) is 0.433. The van der Waals surface area contributed by atoms with Crippen molar-refractivity contribution in [1.82, 2.24) is 15.1 Å². The molecule has 5 nitrogen and oxygen atoms in total. The molecular weight excluding hydrogens is 324 g/mol. The van der Waals surface area contributed by atoms with Crippen LogP contribution in [0.15, 0.2) is 42.5 Å². The van der Waals surface area contributed by atoms with E-state index in [2.05, 4.69) is 43.2 Å². The van der Waals surface area contributed by atoms with Crippen molar-refractivity contribution in [1.29, 1.82) is 0 Å². The molecule has 1 aliphatic rings. The van der Waals surface area contributed by atoms with Crippen LogP contribution in [0.25, 0.3) is 10.8 Å². The average molecular weight is 354 g/mol.